The summed E-state index contributed by atoms with van der Waals surface area (Å²) in [7, 11) is -2.78. The zero-order valence-corrected chi connectivity index (χ0v) is 11.1. The summed E-state index contributed by atoms with van der Waals surface area (Å²) in [5.74, 6) is 0.710. The van der Waals surface area contributed by atoms with Crippen molar-refractivity contribution in [2.24, 2.45) is 0 Å². The van der Waals surface area contributed by atoms with Crippen LogP contribution in [-0.2, 0) is 9.84 Å². The highest BCUT2D eigenvalue weighted by atomic mass is 32.2. The molecule has 0 saturated heterocycles. The van der Waals surface area contributed by atoms with Gasteiger partial charge in [-0.05, 0) is 32.7 Å². The number of hydrogen-bond acceptors (Lipinski definition) is 3. The van der Waals surface area contributed by atoms with Gasteiger partial charge >= 0.3 is 0 Å². The van der Waals surface area contributed by atoms with E-state index < -0.39 is 9.84 Å². The lowest BCUT2D eigenvalue weighted by Gasteiger charge is -2.11. The predicted molar refractivity (Wildman–Crippen MR) is 65.9 cm³/mol. The summed E-state index contributed by atoms with van der Waals surface area (Å²) in [5.41, 5.74) is 0. The Morgan fingerprint density at radius 1 is 1.13 bits per heavy atom. The maximum atomic E-state index is 11.5. The van der Waals surface area contributed by atoms with Crippen LogP contribution in [0.3, 0.4) is 0 Å². The molecule has 0 amide bonds. The molecule has 0 aliphatic heterocycles. The van der Waals surface area contributed by atoms with Gasteiger partial charge in [0.1, 0.15) is 9.84 Å². The van der Waals surface area contributed by atoms with Crippen LogP contribution in [0.4, 0.5) is 0 Å². The van der Waals surface area contributed by atoms with Crippen LogP contribution in [0.25, 0.3) is 0 Å². The lowest BCUT2D eigenvalue weighted by Crippen LogP contribution is -2.26. The second-order valence-corrected chi connectivity index (χ2v) is 6.41. The molecule has 0 heterocycles. The zero-order chi connectivity index (χ0) is 11.7. The van der Waals surface area contributed by atoms with Crippen molar-refractivity contribution in [2.45, 2.75) is 52.5 Å². The van der Waals surface area contributed by atoms with Gasteiger partial charge in [0.05, 0.1) is 11.5 Å². The summed E-state index contributed by atoms with van der Waals surface area (Å²) in [6.45, 7) is 7.13. The zero-order valence-electron chi connectivity index (χ0n) is 10.3. The summed E-state index contributed by atoms with van der Waals surface area (Å²) in [5, 5.41) is 3.28. The first kappa shape index (κ1) is 14.9. The van der Waals surface area contributed by atoms with Gasteiger partial charge in [-0.2, -0.15) is 0 Å². The summed E-state index contributed by atoms with van der Waals surface area (Å²) in [4.78, 5) is 0. The van der Waals surface area contributed by atoms with E-state index in [1.807, 2.05) is 6.92 Å². The normalized spacial score (nSPS) is 14.1. The van der Waals surface area contributed by atoms with Crippen molar-refractivity contribution < 1.29 is 8.42 Å². The maximum Gasteiger partial charge on any atom is 0.150 e. The van der Waals surface area contributed by atoms with Crippen LogP contribution in [0.15, 0.2) is 0 Å². The fourth-order valence-electron chi connectivity index (χ4n) is 1.53. The van der Waals surface area contributed by atoms with Crippen LogP contribution >= 0.6 is 0 Å². The molecule has 0 aromatic heterocycles. The van der Waals surface area contributed by atoms with Gasteiger partial charge in [0, 0.05) is 6.04 Å². The summed E-state index contributed by atoms with van der Waals surface area (Å²) < 4.78 is 23.0. The van der Waals surface area contributed by atoms with E-state index in [0.29, 0.717) is 17.5 Å². The molecule has 1 N–H and O–H groups in total. The van der Waals surface area contributed by atoms with E-state index in [4.69, 9.17) is 0 Å². The highest BCUT2D eigenvalue weighted by molar-refractivity contribution is 7.91. The maximum absolute atomic E-state index is 11.5. The van der Waals surface area contributed by atoms with Crippen molar-refractivity contribution in [1.29, 1.82) is 0 Å². The van der Waals surface area contributed by atoms with E-state index in [1.54, 1.807) is 0 Å². The average Bonchev–Trinajstić information content (AvgIpc) is 2.15. The second-order valence-electron chi connectivity index (χ2n) is 4.11. The van der Waals surface area contributed by atoms with Gasteiger partial charge in [-0.1, -0.05) is 20.3 Å². The molecule has 0 fully saturated rings. The first-order chi connectivity index (χ1) is 7.02. The third-order valence-electron chi connectivity index (χ3n) is 2.45. The monoisotopic (exact) mass is 235 g/mol. The molecular weight excluding hydrogens is 210 g/mol. The minimum absolute atomic E-state index is 0.350. The van der Waals surface area contributed by atoms with Crippen LogP contribution < -0.4 is 5.32 Å². The smallest absolute Gasteiger partial charge is 0.150 e. The van der Waals surface area contributed by atoms with E-state index in [0.717, 1.165) is 32.2 Å². The van der Waals surface area contributed by atoms with Crippen molar-refractivity contribution >= 4 is 9.84 Å². The van der Waals surface area contributed by atoms with Gasteiger partial charge in [-0.15, -0.1) is 0 Å². The number of hydrogen-bond donors (Lipinski definition) is 1. The van der Waals surface area contributed by atoms with Gasteiger partial charge in [0.25, 0.3) is 0 Å². The number of sulfone groups is 1. The fourth-order valence-corrected chi connectivity index (χ4v) is 3.07. The van der Waals surface area contributed by atoms with E-state index in [9.17, 15) is 8.42 Å². The van der Waals surface area contributed by atoms with Crippen molar-refractivity contribution in [3.8, 4) is 0 Å². The van der Waals surface area contributed by atoms with Crippen molar-refractivity contribution in [3.63, 3.8) is 0 Å². The highest BCUT2D eigenvalue weighted by Crippen LogP contribution is 2.03. The summed E-state index contributed by atoms with van der Waals surface area (Å²) in [6.07, 6.45) is 3.47. The number of nitrogens with one attached hydrogen (secondary N) is 1. The van der Waals surface area contributed by atoms with Crippen LogP contribution in [0.2, 0.25) is 0 Å². The molecule has 0 radical (unpaired) electrons. The third-order valence-corrected chi connectivity index (χ3v) is 4.28. The molecule has 0 aromatic carbocycles. The molecule has 0 bridgehead atoms. The van der Waals surface area contributed by atoms with Gasteiger partial charge in [-0.3, -0.25) is 0 Å². The van der Waals surface area contributed by atoms with Crippen molar-refractivity contribution in [1.82, 2.24) is 5.32 Å². The Morgan fingerprint density at radius 2 is 1.73 bits per heavy atom. The van der Waals surface area contributed by atoms with E-state index in [-0.39, 0.29) is 0 Å². The summed E-state index contributed by atoms with van der Waals surface area (Å²) >= 11 is 0. The Hall–Kier alpha value is -0.0900. The molecule has 0 saturated carbocycles. The third kappa shape index (κ3) is 8.88. The van der Waals surface area contributed by atoms with Gasteiger partial charge < -0.3 is 5.32 Å². The Labute approximate surface area is 94.6 Å². The van der Waals surface area contributed by atoms with Gasteiger partial charge in [0.15, 0.2) is 0 Å². The molecule has 0 aliphatic rings. The van der Waals surface area contributed by atoms with Crippen LogP contribution in [0, 0.1) is 0 Å². The Balaban J connectivity index is 3.65. The average molecular weight is 235 g/mol. The SMILES string of the molecule is CCCCS(=O)(=O)CCCC(C)NCC. The van der Waals surface area contributed by atoms with E-state index >= 15 is 0 Å². The fraction of sp³-hybridized carbons (Fsp3) is 1.00. The Bertz CT molecular complexity index is 237. The van der Waals surface area contributed by atoms with Gasteiger partial charge in [-0.25, -0.2) is 8.42 Å². The molecule has 92 valence electrons. The minimum atomic E-state index is -2.78. The van der Waals surface area contributed by atoms with Crippen molar-refractivity contribution in [2.75, 3.05) is 18.1 Å². The topological polar surface area (TPSA) is 46.2 Å². The largest absolute Gasteiger partial charge is 0.315 e. The number of unbranched alkanes of at least 4 members (excludes halogenated alkanes) is 1. The Kier molecular flexibility index (Phi) is 8.06. The van der Waals surface area contributed by atoms with E-state index in [1.165, 1.54) is 0 Å². The highest BCUT2D eigenvalue weighted by Gasteiger charge is 2.10. The quantitative estimate of drug-likeness (QED) is 0.664. The van der Waals surface area contributed by atoms with Crippen LogP contribution in [-0.4, -0.2) is 32.5 Å². The first-order valence-corrected chi connectivity index (χ1v) is 7.77. The number of rotatable bonds is 9. The molecule has 3 nitrogen and oxygen atoms in total. The lowest BCUT2D eigenvalue weighted by molar-refractivity contribution is 0.520. The van der Waals surface area contributed by atoms with Gasteiger partial charge in [0.2, 0.25) is 0 Å². The molecule has 1 unspecified atom stereocenters. The standard InChI is InChI=1S/C11H25NO2S/c1-4-6-9-15(13,14)10-7-8-11(3)12-5-2/h11-12H,4-10H2,1-3H3. The molecule has 0 aromatic rings. The molecule has 4 heteroatoms. The molecule has 0 rings (SSSR count). The van der Waals surface area contributed by atoms with Crippen LogP contribution in [0.5, 0.6) is 0 Å². The molecule has 0 spiro atoms. The molecule has 15 heavy (non-hydrogen) atoms. The summed E-state index contributed by atoms with van der Waals surface area (Å²) in [6, 6.07) is 0.427. The van der Waals surface area contributed by atoms with E-state index in [2.05, 4.69) is 19.2 Å². The first-order valence-electron chi connectivity index (χ1n) is 5.95. The second kappa shape index (κ2) is 8.11. The molecule has 1 atom stereocenters. The van der Waals surface area contributed by atoms with Crippen molar-refractivity contribution in [3.05, 3.63) is 0 Å². The molecular formula is C11H25NO2S. The molecule has 0 aliphatic carbocycles. The minimum Gasteiger partial charge on any atom is -0.315 e. The Morgan fingerprint density at radius 3 is 2.27 bits per heavy atom. The predicted octanol–water partition coefficient (Wildman–Crippen LogP) is 1.98. The lowest BCUT2D eigenvalue weighted by atomic mass is 10.2. The van der Waals surface area contributed by atoms with Crippen LogP contribution in [0.1, 0.15) is 46.5 Å².